The minimum Gasteiger partial charge on any atom is -0.310 e. The minimum atomic E-state index is 0.491. The molecule has 1 aromatic rings. The topological polar surface area (TPSA) is 15.3 Å². The van der Waals surface area contributed by atoms with Crippen molar-refractivity contribution in [2.75, 3.05) is 26.7 Å². The third-order valence-corrected chi connectivity index (χ3v) is 3.25. The Bertz CT molecular complexity index is 297. The Balaban J connectivity index is 2.51. The van der Waals surface area contributed by atoms with Gasteiger partial charge in [-0.05, 0) is 51.5 Å². The smallest absolute Gasteiger partial charge is 0.0332 e. The summed E-state index contributed by atoms with van der Waals surface area (Å²) in [5.74, 6) is 0. The second-order valence-corrected chi connectivity index (χ2v) is 5.01. The van der Waals surface area contributed by atoms with Crippen molar-refractivity contribution in [1.29, 1.82) is 0 Å². The van der Waals surface area contributed by atoms with Gasteiger partial charge < -0.3 is 10.2 Å². The van der Waals surface area contributed by atoms with Crippen molar-refractivity contribution in [2.45, 2.75) is 39.2 Å². The maximum Gasteiger partial charge on any atom is 0.0332 e. The van der Waals surface area contributed by atoms with E-state index in [0.29, 0.717) is 6.04 Å². The van der Waals surface area contributed by atoms with Gasteiger partial charge in [0.05, 0.1) is 0 Å². The van der Waals surface area contributed by atoms with Gasteiger partial charge in [0.25, 0.3) is 0 Å². The van der Waals surface area contributed by atoms with Gasteiger partial charge in [-0.25, -0.2) is 0 Å². The van der Waals surface area contributed by atoms with E-state index in [9.17, 15) is 0 Å². The summed E-state index contributed by atoms with van der Waals surface area (Å²) in [7, 11) is 2.21. The number of nitrogens with one attached hydrogen (secondary N) is 1. The minimum absolute atomic E-state index is 0.491. The molecule has 2 nitrogen and oxygen atoms in total. The maximum absolute atomic E-state index is 3.66. The molecule has 18 heavy (non-hydrogen) atoms. The van der Waals surface area contributed by atoms with Crippen molar-refractivity contribution in [3.8, 4) is 0 Å². The van der Waals surface area contributed by atoms with Gasteiger partial charge in [-0.15, -0.1) is 0 Å². The van der Waals surface area contributed by atoms with E-state index in [4.69, 9.17) is 0 Å². The van der Waals surface area contributed by atoms with Crippen LogP contribution in [-0.4, -0.2) is 31.6 Å². The van der Waals surface area contributed by atoms with Gasteiger partial charge in [-0.1, -0.05) is 44.2 Å². The summed E-state index contributed by atoms with van der Waals surface area (Å²) in [6.45, 7) is 7.90. The zero-order chi connectivity index (χ0) is 13.2. The number of rotatable bonds is 9. The quantitative estimate of drug-likeness (QED) is 0.720. The van der Waals surface area contributed by atoms with E-state index in [0.717, 1.165) is 13.1 Å². The first-order chi connectivity index (χ1) is 8.77. The van der Waals surface area contributed by atoms with E-state index in [1.165, 1.54) is 31.4 Å². The molecule has 1 N–H and O–H groups in total. The van der Waals surface area contributed by atoms with Crippen molar-refractivity contribution >= 4 is 0 Å². The molecule has 0 heterocycles. The van der Waals surface area contributed by atoms with Gasteiger partial charge in [-0.2, -0.15) is 0 Å². The SMILES string of the molecule is CCCNC(CCN(C)CCC)c1ccccc1. The monoisotopic (exact) mass is 248 g/mol. The van der Waals surface area contributed by atoms with Crippen LogP contribution >= 0.6 is 0 Å². The first kappa shape index (κ1) is 15.2. The van der Waals surface area contributed by atoms with Gasteiger partial charge in [-0.3, -0.25) is 0 Å². The van der Waals surface area contributed by atoms with Gasteiger partial charge in [0.2, 0.25) is 0 Å². The molecule has 102 valence electrons. The van der Waals surface area contributed by atoms with E-state index in [-0.39, 0.29) is 0 Å². The standard InChI is InChI=1S/C16H28N2/c1-4-12-17-16(11-14-18(3)13-5-2)15-9-7-6-8-10-15/h6-10,16-17H,4-5,11-14H2,1-3H3. The van der Waals surface area contributed by atoms with Crippen LogP contribution < -0.4 is 5.32 Å². The number of benzene rings is 1. The lowest BCUT2D eigenvalue weighted by atomic mass is 10.0. The first-order valence-electron chi connectivity index (χ1n) is 7.24. The van der Waals surface area contributed by atoms with Gasteiger partial charge in [0, 0.05) is 6.04 Å². The Kier molecular flexibility index (Phi) is 7.70. The molecule has 0 aliphatic carbocycles. The van der Waals surface area contributed by atoms with Crippen LogP contribution in [0.4, 0.5) is 0 Å². The van der Waals surface area contributed by atoms with Gasteiger partial charge in [0.1, 0.15) is 0 Å². The Morgan fingerprint density at radius 3 is 2.39 bits per heavy atom. The lowest BCUT2D eigenvalue weighted by Crippen LogP contribution is -2.28. The van der Waals surface area contributed by atoms with Crippen molar-refractivity contribution in [3.05, 3.63) is 35.9 Å². The maximum atomic E-state index is 3.66. The van der Waals surface area contributed by atoms with E-state index >= 15 is 0 Å². The molecule has 1 aromatic carbocycles. The summed E-state index contributed by atoms with van der Waals surface area (Å²) in [6, 6.07) is 11.3. The van der Waals surface area contributed by atoms with Crippen molar-refractivity contribution < 1.29 is 0 Å². The summed E-state index contributed by atoms with van der Waals surface area (Å²) in [6.07, 6.45) is 3.60. The third kappa shape index (κ3) is 5.65. The highest BCUT2D eigenvalue weighted by molar-refractivity contribution is 5.18. The lowest BCUT2D eigenvalue weighted by molar-refractivity contribution is 0.308. The van der Waals surface area contributed by atoms with Crippen LogP contribution in [0.5, 0.6) is 0 Å². The number of hydrogen-bond donors (Lipinski definition) is 1. The second kappa shape index (κ2) is 9.12. The molecular formula is C16H28N2. The molecule has 0 aliphatic rings. The van der Waals surface area contributed by atoms with E-state index < -0.39 is 0 Å². The summed E-state index contributed by atoms with van der Waals surface area (Å²) >= 11 is 0. The van der Waals surface area contributed by atoms with Crippen LogP contribution in [0.15, 0.2) is 30.3 Å². The predicted molar refractivity (Wildman–Crippen MR) is 79.9 cm³/mol. The summed E-state index contributed by atoms with van der Waals surface area (Å²) in [5.41, 5.74) is 1.41. The lowest BCUT2D eigenvalue weighted by Gasteiger charge is -2.22. The molecule has 0 saturated carbocycles. The highest BCUT2D eigenvalue weighted by Gasteiger charge is 2.10. The Hall–Kier alpha value is -0.860. The predicted octanol–water partition coefficient (Wildman–Crippen LogP) is 3.46. The first-order valence-corrected chi connectivity index (χ1v) is 7.24. The molecule has 0 saturated heterocycles. The van der Waals surface area contributed by atoms with Gasteiger partial charge in [0.15, 0.2) is 0 Å². The van der Waals surface area contributed by atoms with Crippen molar-refractivity contribution in [3.63, 3.8) is 0 Å². The molecule has 0 bridgehead atoms. The largest absolute Gasteiger partial charge is 0.310 e. The average molecular weight is 248 g/mol. The van der Waals surface area contributed by atoms with Crippen LogP contribution in [0.1, 0.15) is 44.7 Å². The van der Waals surface area contributed by atoms with E-state index in [2.05, 4.69) is 61.4 Å². The van der Waals surface area contributed by atoms with Crippen LogP contribution in [0.3, 0.4) is 0 Å². The average Bonchev–Trinajstić information content (AvgIpc) is 2.40. The molecule has 1 atom stereocenters. The molecule has 1 rings (SSSR count). The molecular weight excluding hydrogens is 220 g/mol. The van der Waals surface area contributed by atoms with Crippen LogP contribution in [-0.2, 0) is 0 Å². The molecule has 0 aliphatic heterocycles. The van der Waals surface area contributed by atoms with Crippen molar-refractivity contribution in [1.82, 2.24) is 10.2 Å². The molecule has 0 spiro atoms. The Morgan fingerprint density at radius 2 is 1.78 bits per heavy atom. The molecule has 0 fully saturated rings. The summed E-state index contributed by atoms with van der Waals surface area (Å²) in [5, 5.41) is 3.66. The fourth-order valence-electron chi connectivity index (χ4n) is 2.23. The molecule has 0 radical (unpaired) electrons. The Labute approximate surface area is 112 Å². The molecule has 0 aromatic heterocycles. The van der Waals surface area contributed by atoms with Gasteiger partial charge >= 0.3 is 0 Å². The summed E-state index contributed by atoms with van der Waals surface area (Å²) in [4.78, 5) is 2.42. The zero-order valence-electron chi connectivity index (χ0n) is 12.2. The summed E-state index contributed by atoms with van der Waals surface area (Å²) < 4.78 is 0. The highest BCUT2D eigenvalue weighted by Crippen LogP contribution is 2.16. The van der Waals surface area contributed by atoms with E-state index in [1.807, 2.05) is 0 Å². The molecule has 2 heteroatoms. The Morgan fingerprint density at radius 1 is 1.06 bits per heavy atom. The van der Waals surface area contributed by atoms with Crippen LogP contribution in [0, 0.1) is 0 Å². The second-order valence-electron chi connectivity index (χ2n) is 5.01. The third-order valence-electron chi connectivity index (χ3n) is 3.25. The molecule has 1 unspecified atom stereocenters. The normalized spacial score (nSPS) is 12.9. The fraction of sp³-hybridized carbons (Fsp3) is 0.625. The fourth-order valence-corrected chi connectivity index (χ4v) is 2.23. The highest BCUT2D eigenvalue weighted by atomic mass is 15.1. The van der Waals surface area contributed by atoms with Crippen molar-refractivity contribution in [2.24, 2.45) is 0 Å². The van der Waals surface area contributed by atoms with E-state index in [1.54, 1.807) is 0 Å². The molecule has 0 amide bonds. The number of nitrogens with zero attached hydrogens (tertiary/aromatic N) is 1. The van der Waals surface area contributed by atoms with Crippen LogP contribution in [0.2, 0.25) is 0 Å². The van der Waals surface area contributed by atoms with Crippen LogP contribution in [0.25, 0.3) is 0 Å². The number of hydrogen-bond acceptors (Lipinski definition) is 2. The zero-order valence-corrected chi connectivity index (χ0v) is 12.2.